The predicted molar refractivity (Wildman–Crippen MR) is 295 cm³/mol. The molecule has 0 unspecified atom stereocenters. The maximum absolute atomic E-state index is 6.57. The van der Waals surface area contributed by atoms with Crippen LogP contribution in [0.5, 0.6) is 0 Å². The molecule has 0 amide bonds. The molecule has 0 aliphatic carbocycles. The molecule has 11 aromatic rings. The summed E-state index contributed by atoms with van der Waals surface area (Å²) in [6.07, 6.45) is 4.02. The zero-order valence-corrected chi connectivity index (χ0v) is 47.0. The Morgan fingerprint density at radius 1 is 0.676 bits per heavy atom. The Morgan fingerprint density at radius 2 is 1.42 bits per heavy atom. The predicted octanol–water partition coefficient (Wildman–Crippen LogP) is 16.1. The van der Waals surface area contributed by atoms with Crippen molar-refractivity contribution in [2.45, 2.75) is 84.0 Å². The molecule has 6 nitrogen and oxygen atoms in total. The smallest absolute Gasteiger partial charge is 0 e. The molecule has 0 saturated carbocycles. The summed E-state index contributed by atoms with van der Waals surface area (Å²) in [5.74, 6) is 8.34. The number of nitrogens with zero attached hydrogens (tertiary/aromatic N) is 5. The van der Waals surface area contributed by atoms with Gasteiger partial charge >= 0.3 is 158 Å². The van der Waals surface area contributed by atoms with Crippen LogP contribution in [0.25, 0.3) is 94.5 Å². The van der Waals surface area contributed by atoms with Crippen molar-refractivity contribution >= 4 is 61.5 Å². The van der Waals surface area contributed by atoms with Gasteiger partial charge in [0.15, 0.2) is 0 Å². The van der Waals surface area contributed by atoms with Crippen LogP contribution in [0.3, 0.4) is 0 Å². The number of imidazole rings is 1. The fourth-order valence-electron chi connectivity index (χ4n) is 9.56. The first-order valence-corrected chi connectivity index (χ1v) is 31.7. The van der Waals surface area contributed by atoms with Gasteiger partial charge < -0.3 is 8.98 Å². The van der Waals surface area contributed by atoms with Crippen molar-refractivity contribution in [2.75, 3.05) is 0 Å². The number of rotatable bonds is 7. The van der Waals surface area contributed by atoms with E-state index in [1.165, 1.54) is 43.0 Å². The second kappa shape index (κ2) is 19.6. The first kappa shape index (κ1) is 49.5. The van der Waals surface area contributed by atoms with E-state index in [0.29, 0.717) is 5.71 Å². The van der Waals surface area contributed by atoms with Crippen molar-refractivity contribution in [3.8, 4) is 50.6 Å². The summed E-state index contributed by atoms with van der Waals surface area (Å²) in [4.78, 5) is 19.6. The van der Waals surface area contributed by atoms with Gasteiger partial charge in [0.05, 0.1) is 28.6 Å². The third-order valence-electron chi connectivity index (χ3n) is 13.5. The van der Waals surface area contributed by atoms with Crippen molar-refractivity contribution in [1.29, 1.82) is 0 Å². The number of fused-ring (bicyclic) bond motifs is 5. The van der Waals surface area contributed by atoms with Crippen LogP contribution in [0.15, 0.2) is 156 Å². The van der Waals surface area contributed by atoms with E-state index in [1.54, 1.807) is 0 Å². The third-order valence-corrected chi connectivity index (χ3v) is 17.7. The van der Waals surface area contributed by atoms with Gasteiger partial charge in [-0.1, -0.05) is 88.9 Å². The third kappa shape index (κ3) is 9.56. The number of hydrogen-bond donors (Lipinski definition) is 0. The number of aromatic nitrogens is 5. The van der Waals surface area contributed by atoms with Gasteiger partial charge in [0.2, 0.25) is 5.71 Å². The molecule has 0 bridgehead atoms. The molecular weight excluding hydrogens is 1110 g/mol. The second-order valence-electron chi connectivity index (χ2n) is 20.9. The molecule has 0 spiro atoms. The minimum absolute atomic E-state index is 0. The Morgan fingerprint density at radius 3 is 2.15 bits per heavy atom. The molecule has 0 N–H and O–H groups in total. The largest absolute Gasteiger partial charge is 0 e. The van der Waals surface area contributed by atoms with Crippen LogP contribution in [0.4, 0.5) is 0 Å². The molecule has 0 fully saturated rings. The van der Waals surface area contributed by atoms with Crippen molar-refractivity contribution in [1.82, 2.24) is 24.5 Å². The molecule has 5 aromatic heterocycles. The van der Waals surface area contributed by atoms with E-state index in [2.05, 4.69) is 204 Å². The molecule has 0 atom stereocenters. The summed E-state index contributed by atoms with van der Waals surface area (Å²) in [5.41, 5.74) is 17.5. The Bertz CT molecular complexity index is 3740. The van der Waals surface area contributed by atoms with E-state index in [-0.39, 0.29) is 31.4 Å². The quantitative estimate of drug-likeness (QED) is 0.117. The van der Waals surface area contributed by atoms with Crippen LogP contribution in [0.1, 0.15) is 68.6 Å². The molecule has 0 aliphatic rings. The van der Waals surface area contributed by atoms with Crippen LogP contribution in [-0.2, 0) is 25.5 Å². The maximum Gasteiger partial charge on any atom is 0 e. The molecule has 357 valence electrons. The van der Waals surface area contributed by atoms with Crippen molar-refractivity contribution in [3.63, 3.8) is 0 Å². The average molecular weight is 1170 g/mol. The van der Waals surface area contributed by atoms with E-state index in [4.69, 9.17) is 24.4 Å². The van der Waals surface area contributed by atoms with Gasteiger partial charge in [-0.05, 0) is 71.7 Å². The number of aryl methyl sites for hydroxylation is 3. The molecule has 0 saturated heterocycles. The first-order valence-electron chi connectivity index (χ1n) is 24.3. The molecular formula is C63H59GeIrN5O-2. The van der Waals surface area contributed by atoms with Gasteiger partial charge in [-0.25, -0.2) is 4.98 Å². The standard InChI is InChI=1S/C39H37N4O.C24H22GeN.Ir/c1-22(2)31-20-34-32(21-40-31)42-37(28-16-14-23(3)35-29-18-24(4)25(5)41-38(29)44-36(28)35)43(34)33-17-15-27(19-30(33)39(6,7)8)26-12-10-9-11-13-26;1-25(2,3)23-17-26-24(19-11-5-4-6-12-19)16-22(23)21-15-9-13-18-10-7-8-14-20(18)21;/h9-15,17-22H,1-8H3;4-11,13-17H,1-3H3;/q2*-1;. The number of hydrogen-bond acceptors (Lipinski definition) is 5. The Balaban J connectivity index is 0.000000197. The van der Waals surface area contributed by atoms with E-state index < -0.39 is 13.3 Å². The van der Waals surface area contributed by atoms with Crippen LogP contribution in [-0.4, -0.2) is 37.8 Å². The average Bonchev–Trinajstić information content (AvgIpc) is 3.92. The maximum atomic E-state index is 6.57. The fraction of sp³-hybridized carbons (Fsp3) is 0.206. The van der Waals surface area contributed by atoms with Gasteiger partial charge in [0, 0.05) is 42.6 Å². The van der Waals surface area contributed by atoms with E-state index in [0.717, 1.165) is 78.2 Å². The summed E-state index contributed by atoms with van der Waals surface area (Å²) in [7, 11) is 0. The minimum atomic E-state index is -2.09. The second-order valence-corrected chi connectivity index (χ2v) is 31.5. The van der Waals surface area contributed by atoms with E-state index >= 15 is 0 Å². The van der Waals surface area contributed by atoms with E-state index in [9.17, 15) is 0 Å². The Kier molecular flexibility index (Phi) is 13.7. The van der Waals surface area contributed by atoms with Gasteiger partial charge in [0.25, 0.3) is 0 Å². The minimum Gasteiger partial charge on any atom is 0 e. The first-order chi connectivity index (χ1) is 33.5. The van der Waals surface area contributed by atoms with Crippen LogP contribution >= 0.6 is 0 Å². The monoisotopic (exact) mass is 1170 g/mol. The molecule has 71 heavy (non-hydrogen) atoms. The zero-order chi connectivity index (χ0) is 49.1. The molecule has 11 rings (SSSR count). The Labute approximate surface area is 434 Å². The van der Waals surface area contributed by atoms with Crippen molar-refractivity contribution < 1.29 is 24.5 Å². The normalized spacial score (nSPS) is 11.9. The molecule has 8 heteroatoms. The summed E-state index contributed by atoms with van der Waals surface area (Å²) < 4.78 is 10.3. The molecule has 5 heterocycles. The van der Waals surface area contributed by atoms with Crippen molar-refractivity contribution in [2.24, 2.45) is 0 Å². The van der Waals surface area contributed by atoms with E-state index in [1.807, 2.05) is 37.4 Å². The number of furan rings is 1. The topological polar surface area (TPSA) is 69.6 Å². The summed E-state index contributed by atoms with van der Waals surface area (Å²) in [6, 6.07) is 56.2. The number of benzene rings is 6. The summed E-state index contributed by atoms with van der Waals surface area (Å²) >= 11 is -2.09. The summed E-state index contributed by atoms with van der Waals surface area (Å²) in [6.45, 7) is 17.4. The number of pyridine rings is 3. The van der Waals surface area contributed by atoms with Crippen LogP contribution in [0, 0.1) is 32.9 Å². The SMILES string of the molecule is Cc1cc2c(nc1C)oc1c(-c3nc4cnc(C(C)C)cc4n3-c3ccc(-c4ccccc4)cc3C(C)(C)C)[c-]cc(C)c12.[CH3][Ge]([CH3])([CH3])[c]1cnc(-c2[c-]cccc2)cc1-c1cccc2ccccc12.[Ir]. The molecule has 0 aliphatic heterocycles. The van der Waals surface area contributed by atoms with Gasteiger partial charge in [0.1, 0.15) is 0 Å². The molecule has 1 radical (unpaired) electrons. The van der Waals surface area contributed by atoms with Crippen LogP contribution < -0.4 is 4.40 Å². The van der Waals surface area contributed by atoms with Crippen molar-refractivity contribution in [3.05, 3.63) is 192 Å². The zero-order valence-electron chi connectivity index (χ0n) is 42.5. The Hall–Kier alpha value is -6.51. The fourth-order valence-corrected chi connectivity index (χ4v) is 12.6. The molecule has 6 aromatic carbocycles. The van der Waals surface area contributed by atoms with Gasteiger partial charge in [-0.2, -0.15) is 0 Å². The van der Waals surface area contributed by atoms with Crippen LogP contribution in [0.2, 0.25) is 17.3 Å². The van der Waals surface area contributed by atoms with Gasteiger partial charge in [-0.3, -0.25) is 9.97 Å². The summed E-state index contributed by atoms with van der Waals surface area (Å²) in [5, 5.41) is 4.66. The van der Waals surface area contributed by atoms with Gasteiger partial charge in [-0.15, -0.1) is 17.7 Å².